The van der Waals surface area contributed by atoms with Gasteiger partial charge in [0.1, 0.15) is 29.9 Å². The first-order chi connectivity index (χ1) is 17.4. The Labute approximate surface area is 211 Å². The molecule has 1 amide bonds. The number of halogens is 1. The number of anilines is 2. The van der Waals surface area contributed by atoms with Gasteiger partial charge in [-0.15, -0.1) is 0 Å². The van der Waals surface area contributed by atoms with E-state index in [0.29, 0.717) is 19.6 Å². The normalized spacial score (nSPS) is 19.9. The second-order valence-electron chi connectivity index (χ2n) is 9.68. The summed E-state index contributed by atoms with van der Waals surface area (Å²) >= 11 is 0. The Morgan fingerprint density at radius 2 is 1.53 bits per heavy atom. The molecule has 186 valence electrons. The predicted molar refractivity (Wildman–Crippen MR) is 143 cm³/mol. The molecular weight excluding hydrogens is 453 g/mol. The Morgan fingerprint density at radius 1 is 0.917 bits per heavy atom. The minimum atomic E-state index is -0.351. The molecule has 0 spiro atoms. The fourth-order valence-corrected chi connectivity index (χ4v) is 4.83. The molecule has 0 aliphatic carbocycles. The average molecular weight is 486 g/mol. The third-order valence-electron chi connectivity index (χ3n) is 6.89. The number of nitrogens with zero attached hydrogens (tertiary/aromatic N) is 3. The third-order valence-corrected chi connectivity index (χ3v) is 6.89. The van der Waals surface area contributed by atoms with Crippen LogP contribution in [0.25, 0.3) is 0 Å². The van der Waals surface area contributed by atoms with Gasteiger partial charge in [0.25, 0.3) is 0 Å². The lowest BCUT2D eigenvalue weighted by molar-refractivity contribution is -0.131. The SMILES string of the molecule is Cc1ccc(NC(C)C(=O)N2CCN3C(=NC(c4ccc(F)cc4)C3Nc3ccc(C)cc3)C2)cc1. The molecule has 7 heteroatoms. The lowest BCUT2D eigenvalue weighted by Gasteiger charge is -2.39. The van der Waals surface area contributed by atoms with E-state index in [1.807, 2.05) is 43.0 Å². The molecule has 2 N–H and O–H groups in total. The van der Waals surface area contributed by atoms with Crippen molar-refractivity contribution >= 4 is 23.1 Å². The molecule has 0 radical (unpaired) electrons. The van der Waals surface area contributed by atoms with Gasteiger partial charge in [-0.2, -0.15) is 0 Å². The molecule has 1 fully saturated rings. The van der Waals surface area contributed by atoms with Crippen molar-refractivity contribution in [2.24, 2.45) is 4.99 Å². The van der Waals surface area contributed by atoms with Crippen LogP contribution in [-0.2, 0) is 4.79 Å². The van der Waals surface area contributed by atoms with Crippen LogP contribution < -0.4 is 10.6 Å². The van der Waals surface area contributed by atoms with Crippen LogP contribution in [0.15, 0.2) is 77.8 Å². The predicted octanol–water partition coefficient (Wildman–Crippen LogP) is 4.98. The number of amidine groups is 1. The van der Waals surface area contributed by atoms with Crippen LogP contribution >= 0.6 is 0 Å². The lowest BCUT2D eigenvalue weighted by Crippen LogP contribution is -2.57. The summed E-state index contributed by atoms with van der Waals surface area (Å²) in [6.07, 6.45) is -0.117. The maximum atomic E-state index is 13.6. The number of nitrogens with one attached hydrogen (secondary N) is 2. The van der Waals surface area contributed by atoms with Crippen LogP contribution in [0.2, 0.25) is 0 Å². The van der Waals surface area contributed by atoms with Crippen LogP contribution in [0.5, 0.6) is 0 Å². The third kappa shape index (κ3) is 5.05. The molecule has 3 atom stereocenters. The summed E-state index contributed by atoms with van der Waals surface area (Å²) in [5.41, 5.74) is 5.25. The van der Waals surface area contributed by atoms with Gasteiger partial charge in [0, 0.05) is 24.5 Å². The summed E-state index contributed by atoms with van der Waals surface area (Å²) in [5, 5.41) is 6.96. The highest BCUT2D eigenvalue weighted by molar-refractivity contribution is 5.93. The van der Waals surface area contributed by atoms with Gasteiger partial charge in [-0.05, 0) is 62.7 Å². The van der Waals surface area contributed by atoms with Crippen LogP contribution in [0.3, 0.4) is 0 Å². The summed E-state index contributed by atoms with van der Waals surface area (Å²) in [6.45, 7) is 7.73. The molecular formula is C29H32FN5O. The second kappa shape index (κ2) is 10.0. The van der Waals surface area contributed by atoms with E-state index in [9.17, 15) is 9.18 Å². The Kier molecular flexibility index (Phi) is 6.63. The standard InChI is InChI=1S/C29H32FN5O/c1-19-4-12-24(13-5-19)31-21(3)29(36)34-16-17-35-26(18-34)33-27(22-8-10-23(30)11-9-22)28(35)32-25-14-6-20(2)7-15-25/h4-15,21,27-28,31-32H,16-18H2,1-3H3. The van der Waals surface area contributed by atoms with Crippen molar-refractivity contribution in [2.75, 3.05) is 30.3 Å². The molecule has 3 aromatic carbocycles. The maximum absolute atomic E-state index is 13.6. The van der Waals surface area contributed by atoms with Gasteiger partial charge >= 0.3 is 0 Å². The highest BCUT2D eigenvalue weighted by Gasteiger charge is 2.41. The number of amides is 1. The van der Waals surface area contributed by atoms with E-state index in [4.69, 9.17) is 4.99 Å². The summed E-state index contributed by atoms with van der Waals surface area (Å²) in [6, 6.07) is 22.3. The van der Waals surface area contributed by atoms with Crippen molar-refractivity contribution in [2.45, 2.75) is 39.0 Å². The molecule has 1 saturated heterocycles. The average Bonchev–Trinajstić information content (AvgIpc) is 3.24. The molecule has 36 heavy (non-hydrogen) atoms. The van der Waals surface area contributed by atoms with E-state index >= 15 is 0 Å². The number of fused-ring (bicyclic) bond motifs is 1. The number of piperazine rings is 1. The van der Waals surface area contributed by atoms with Gasteiger partial charge in [-0.1, -0.05) is 47.5 Å². The molecule has 2 heterocycles. The van der Waals surface area contributed by atoms with E-state index in [2.05, 4.69) is 46.7 Å². The number of aryl methyl sites for hydroxylation is 2. The van der Waals surface area contributed by atoms with Crippen molar-refractivity contribution in [1.29, 1.82) is 0 Å². The number of aliphatic imine (C=N–C) groups is 1. The van der Waals surface area contributed by atoms with Crippen LogP contribution in [-0.4, -0.2) is 53.4 Å². The largest absolute Gasteiger partial charge is 0.374 e. The topological polar surface area (TPSA) is 60.0 Å². The fraction of sp³-hybridized carbons (Fsp3) is 0.310. The highest BCUT2D eigenvalue weighted by atomic mass is 19.1. The molecule has 3 aromatic rings. The monoisotopic (exact) mass is 485 g/mol. The molecule has 5 rings (SSSR count). The first kappa shape index (κ1) is 23.9. The quantitative estimate of drug-likeness (QED) is 0.517. The highest BCUT2D eigenvalue weighted by Crippen LogP contribution is 2.34. The van der Waals surface area contributed by atoms with Gasteiger partial charge in [-0.3, -0.25) is 9.79 Å². The number of rotatable bonds is 6. The fourth-order valence-electron chi connectivity index (χ4n) is 4.83. The summed E-state index contributed by atoms with van der Waals surface area (Å²) in [7, 11) is 0. The Bertz CT molecular complexity index is 1240. The Morgan fingerprint density at radius 3 is 2.17 bits per heavy atom. The summed E-state index contributed by atoms with van der Waals surface area (Å²) in [5.74, 6) is 0.652. The number of benzene rings is 3. The van der Waals surface area contributed by atoms with Gasteiger partial charge in [0.2, 0.25) is 5.91 Å². The molecule has 2 aliphatic heterocycles. The number of carbonyl (C=O) groups is 1. The minimum Gasteiger partial charge on any atom is -0.374 e. The van der Waals surface area contributed by atoms with Gasteiger partial charge < -0.3 is 20.4 Å². The number of hydrogen-bond donors (Lipinski definition) is 2. The van der Waals surface area contributed by atoms with Crippen LogP contribution in [0, 0.1) is 19.7 Å². The smallest absolute Gasteiger partial charge is 0.245 e. The number of hydrogen-bond acceptors (Lipinski definition) is 5. The molecule has 0 aromatic heterocycles. The zero-order chi connectivity index (χ0) is 25.2. The molecule has 6 nitrogen and oxygen atoms in total. The Hall–Kier alpha value is -3.87. The van der Waals surface area contributed by atoms with Crippen molar-refractivity contribution in [1.82, 2.24) is 9.80 Å². The van der Waals surface area contributed by atoms with E-state index < -0.39 is 0 Å². The van der Waals surface area contributed by atoms with E-state index in [-0.39, 0.29) is 30.0 Å². The van der Waals surface area contributed by atoms with Crippen molar-refractivity contribution in [3.8, 4) is 0 Å². The first-order valence-electron chi connectivity index (χ1n) is 12.4. The Balaban J connectivity index is 1.34. The number of carbonyl (C=O) groups excluding carboxylic acids is 1. The first-order valence-corrected chi connectivity index (χ1v) is 12.4. The van der Waals surface area contributed by atoms with Gasteiger partial charge in [-0.25, -0.2) is 4.39 Å². The second-order valence-corrected chi connectivity index (χ2v) is 9.68. The van der Waals surface area contributed by atoms with E-state index in [0.717, 1.165) is 22.8 Å². The van der Waals surface area contributed by atoms with E-state index in [1.54, 1.807) is 12.1 Å². The van der Waals surface area contributed by atoms with Crippen molar-refractivity contribution < 1.29 is 9.18 Å². The van der Waals surface area contributed by atoms with Gasteiger partial charge in [0.05, 0.1) is 6.54 Å². The summed E-state index contributed by atoms with van der Waals surface area (Å²) in [4.78, 5) is 22.4. The summed E-state index contributed by atoms with van der Waals surface area (Å²) < 4.78 is 13.6. The zero-order valence-electron chi connectivity index (χ0n) is 20.9. The van der Waals surface area contributed by atoms with Crippen molar-refractivity contribution in [3.63, 3.8) is 0 Å². The molecule has 0 saturated carbocycles. The molecule has 3 unspecified atom stereocenters. The maximum Gasteiger partial charge on any atom is 0.245 e. The minimum absolute atomic E-state index is 0.0474. The van der Waals surface area contributed by atoms with Crippen molar-refractivity contribution in [3.05, 3.63) is 95.3 Å². The molecule has 2 aliphatic rings. The lowest BCUT2D eigenvalue weighted by atomic mass is 10.0. The van der Waals surface area contributed by atoms with Crippen LogP contribution in [0.4, 0.5) is 15.8 Å². The molecule has 0 bridgehead atoms. The van der Waals surface area contributed by atoms with E-state index in [1.165, 1.54) is 23.3 Å². The van der Waals surface area contributed by atoms with Gasteiger partial charge in [0.15, 0.2) is 0 Å². The van der Waals surface area contributed by atoms with Crippen LogP contribution in [0.1, 0.15) is 29.7 Å². The zero-order valence-corrected chi connectivity index (χ0v) is 20.9.